The number of nitrogens with two attached hydrogens (primary N) is 1. The Hall–Kier alpha value is -1.29. The number of nitrogens with zero attached hydrogens (tertiary/aromatic N) is 1. The van der Waals surface area contributed by atoms with Gasteiger partial charge in [-0.25, -0.2) is 4.98 Å². The lowest BCUT2D eigenvalue weighted by Crippen LogP contribution is -2.18. The number of hydrogen-bond donors (Lipinski definition) is 2. The zero-order valence-electron chi connectivity index (χ0n) is 11.8. The molecule has 2 rings (SSSR count). The van der Waals surface area contributed by atoms with E-state index in [1.807, 2.05) is 18.2 Å². The van der Waals surface area contributed by atoms with E-state index in [0.29, 0.717) is 6.04 Å². The van der Waals surface area contributed by atoms with Crippen LogP contribution in [-0.4, -0.2) is 11.0 Å². The van der Waals surface area contributed by atoms with Gasteiger partial charge in [0.1, 0.15) is 0 Å². The second-order valence-electron chi connectivity index (χ2n) is 5.02. The van der Waals surface area contributed by atoms with Crippen LogP contribution in [0.1, 0.15) is 46.0 Å². The van der Waals surface area contributed by atoms with Gasteiger partial charge in [-0.05, 0) is 31.0 Å². The largest absolute Gasteiger partial charge is 0.399 e. The van der Waals surface area contributed by atoms with Crippen molar-refractivity contribution < 1.29 is 0 Å². The number of hydrogen-bond acceptors (Lipinski definition) is 4. The Kier molecular flexibility index (Phi) is 5.02. The Labute approximate surface area is 119 Å². The summed E-state index contributed by atoms with van der Waals surface area (Å²) in [6.07, 6.45) is 6.16. The Balaban J connectivity index is 2.09. The normalized spacial score (nSPS) is 12.7. The highest BCUT2D eigenvalue weighted by molar-refractivity contribution is 7.22. The van der Waals surface area contributed by atoms with E-state index < -0.39 is 0 Å². The van der Waals surface area contributed by atoms with E-state index in [2.05, 4.69) is 24.1 Å². The number of anilines is 2. The minimum Gasteiger partial charge on any atom is -0.399 e. The van der Waals surface area contributed by atoms with Gasteiger partial charge in [-0.1, -0.05) is 44.4 Å². The maximum absolute atomic E-state index is 5.81. The van der Waals surface area contributed by atoms with Gasteiger partial charge in [0.15, 0.2) is 5.13 Å². The van der Waals surface area contributed by atoms with Crippen LogP contribution in [0, 0.1) is 0 Å². The second kappa shape index (κ2) is 6.75. The van der Waals surface area contributed by atoms with Crippen molar-refractivity contribution in [1.82, 2.24) is 4.98 Å². The number of nitrogen functional groups attached to an aromatic ring is 1. The smallest absolute Gasteiger partial charge is 0.184 e. The Morgan fingerprint density at radius 3 is 2.84 bits per heavy atom. The molecule has 1 heterocycles. The minimum absolute atomic E-state index is 0.544. The molecule has 0 aliphatic rings. The number of thiazole rings is 1. The van der Waals surface area contributed by atoms with Crippen molar-refractivity contribution in [2.75, 3.05) is 11.1 Å². The molecule has 1 aromatic carbocycles. The molecule has 3 nitrogen and oxygen atoms in total. The molecule has 0 radical (unpaired) electrons. The van der Waals surface area contributed by atoms with Gasteiger partial charge in [0.2, 0.25) is 0 Å². The first-order valence-corrected chi connectivity index (χ1v) is 7.97. The van der Waals surface area contributed by atoms with Gasteiger partial charge in [0, 0.05) is 11.7 Å². The number of fused-ring (bicyclic) bond motifs is 1. The van der Waals surface area contributed by atoms with Crippen molar-refractivity contribution in [1.29, 1.82) is 0 Å². The summed E-state index contributed by atoms with van der Waals surface area (Å²) in [6.45, 7) is 4.48. The third kappa shape index (κ3) is 3.83. The lowest BCUT2D eigenvalue weighted by Gasteiger charge is -2.16. The summed E-state index contributed by atoms with van der Waals surface area (Å²) in [5.41, 5.74) is 7.65. The maximum atomic E-state index is 5.81. The molecule has 0 aliphatic carbocycles. The van der Waals surface area contributed by atoms with Gasteiger partial charge in [-0.2, -0.15) is 0 Å². The van der Waals surface area contributed by atoms with Crippen LogP contribution < -0.4 is 11.1 Å². The fourth-order valence-electron chi connectivity index (χ4n) is 2.27. The first-order chi connectivity index (χ1) is 9.22. The van der Waals surface area contributed by atoms with Crippen LogP contribution in [0.15, 0.2) is 18.2 Å². The molecule has 1 atom stereocenters. The summed E-state index contributed by atoms with van der Waals surface area (Å²) < 4.78 is 1.16. The molecule has 3 N–H and O–H groups in total. The predicted molar refractivity (Wildman–Crippen MR) is 85.9 cm³/mol. The van der Waals surface area contributed by atoms with Crippen molar-refractivity contribution in [3.8, 4) is 0 Å². The van der Waals surface area contributed by atoms with E-state index in [4.69, 9.17) is 5.73 Å². The molecular formula is C15H23N3S. The molecule has 2 aromatic rings. The van der Waals surface area contributed by atoms with Crippen LogP contribution in [0.4, 0.5) is 10.8 Å². The summed E-state index contributed by atoms with van der Waals surface area (Å²) in [5.74, 6) is 0. The minimum atomic E-state index is 0.544. The third-order valence-corrected chi connectivity index (χ3v) is 4.23. The second-order valence-corrected chi connectivity index (χ2v) is 6.05. The standard InChI is InChI=1S/C15H23N3S/c1-3-5-7-12(6-4-2)17-15-18-13-9-8-11(16)10-14(13)19-15/h8-10,12H,3-7,16H2,1-2H3,(H,17,18). The van der Waals surface area contributed by atoms with Crippen molar-refractivity contribution in [3.63, 3.8) is 0 Å². The predicted octanol–water partition coefficient (Wildman–Crippen LogP) is 4.65. The molecule has 104 valence electrons. The van der Waals surface area contributed by atoms with E-state index in [1.54, 1.807) is 11.3 Å². The molecule has 19 heavy (non-hydrogen) atoms. The molecule has 0 aliphatic heterocycles. The van der Waals surface area contributed by atoms with Gasteiger partial charge >= 0.3 is 0 Å². The number of benzene rings is 1. The highest BCUT2D eigenvalue weighted by Gasteiger charge is 2.10. The maximum Gasteiger partial charge on any atom is 0.184 e. The van der Waals surface area contributed by atoms with Crippen molar-refractivity contribution in [2.45, 2.75) is 52.0 Å². The summed E-state index contributed by atoms with van der Waals surface area (Å²) >= 11 is 1.70. The Morgan fingerprint density at radius 2 is 2.11 bits per heavy atom. The van der Waals surface area contributed by atoms with E-state index in [0.717, 1.165) is 21.0 Å². The number of unbranched alkanes of at least 4 members (excludes halogenated alkanes) is 1. The Bertz CT molecular complexity index is 521. The van der Waals surface area contributed by atoms with Crippen LogP contribution in [-0.2, 0) is 0 Å². The molecule has 0 bridgehead atoms. The fourth-order valence-corrected chi connectivity index (χ4v) is 3.26. The molecule has 1 unspecified atom stereocenters. The molecule has 0 saturated heterocycles. The van der Waals surface area contributed by atoms with Gasteiger partial charge in [-0.15, -0.1) is 0 Å². The molecule has 4 heteroatoms. The van der Waals surface area contributed by atoms with Crippen LogP contribution in [0.2, 0.25) is 0 Å². The lowest BCUT2D eigenvalue weighted by molar-refractivity contribution is 0.564. The van der Waals surface area contributed by atoms with Crippen molar-refractivity contribution >= 4 is 32.4 Å². The van der Waals surface area contributed by atoms with Gasteiger partial charge in [0.25, 0.3) is 0 Å². The molecule has 1 aromatic heterocycles. The van der Waals surface area contributed by atoms with E-state index >= 15 is 0 Å². The molecule has 0 fully saturated rings. The fraction of sp³-hybridized carbons (Fsp3) is 0.533. The molecule has 0 amide bonds. The average molecular weight is 277 g/mol. The third-order valence-electron chi connectivity index (χ3n) is 3.28. The van der Waals surface area contributed by atoms with Gasteiger partial charge in [0.05, 0.1) is 10.2 Å². The average Bonchev–Trinajstić information content (AvgIpc) is 2.77. The van der Waals surface area contributed by atoms with Crippen molar-refractivity contribution in [2.24, 2.45) is 0 Å². The first-order valence-electron chi connectivity index (χ1n) is 7.15. The highest BCUT2D eigenvalue weighted by atomic mass is 32.1. The quantitative estimate of drug-likeness (QED) is 0.724. The molecule has 0 spiro atoms. The Morgan fingerprint density at radius 1 is 1.26 bits per heavy atom. The number of rotatable bonds is 7. The SMILES string of the molecule is CCCCC(CCC)Nc1nc2ccc(N)cc2s1. The molecule has 0 saturated carbocycles. The lowest BCUT2D eigenvalue weighted by atomic mass is 10.1. The number of nitrogens with one attached hydrogen (secondary N) is 1. The zero-order valence-corrected chi connectivity index (χ0v) is 12.6. The van der Waals surface area contributed by atoms with Crippen molar-refractivity contribution in [3.05, 3.63) is 18.2 Å². The summed E-state index contributed by atoms with van der Waals surface area (Å²) in [5, 5.41) is 4.61. The molecular weight excluding hydrogens is 254 g/mol. The van der Waals surface area contributed by atoms with Crippen LogP contribution in [0.3, 0.4) is 0 Å². The van der Waals surface area contributed by atoms with Crippen LogP contribution in [0.25, 0.3) is 10.2 Å². The van der Waals surface area contributed by atoms with Gasteiger partial charge in [-0.3, -0.25) is 0 Å². The van der Waals surface area contributed by atoms with Crippen LogP contribution in [0.5, 0.6) is 0 Å². The summed E-state index contributed by atoms with van der Waals surface area (Å²) in [7, 11) is 0. The van der Waals surface area contributed by atoms with Gasteiger partial charge < -0.3 is 11.1 Å². The van der Waals surface area contributed by atoms with E-state index in [-0.39, 0.29) is 0 Å². The highest BCUT2D eigenvalue weighted by Crippen LogP contribution is 2.28. The van der Waals surface area contributed by atoms with Crippen LogP contribution >= 0.6 is 11.3 Å². The summed E-state index contributed by atoms with van der Waals surface area (Å²) in [4.78, 5) is 4.64. The van der Waals surface area contributed by atoms with E-state index in [1.165, 1.54) is 32.1 Å². The monoisotopic (exact) mass is 277 g/mol. The summed E-state index contributed by atoms with van der Waals surface area (Å²) in [6, 6.07) is 6.45. The van der Waals surface area contributed by atoms with E-state index in [9.17, 15) is 0 Å². The first kappa shape index (κ1) is 14.1. The number of aromatic nitrogens is 1. The zero-order chi connectivity index (χ0) is 13.7. The topological polar surface area (TPSA) is 50.9 Å².